The van der Waals surface area contributed by atoms with E-state index in [4.69, 9.17) is 9.26 Å². The number of aromatic nitrogens is 2. The van der Waals surface area contributed by atoms with Crippen LogP contribution in [0.15, 0.2) is 28.8 Å². The first kappa shape index (κ1) is 14.0. The van der Waals surface area contributed by atoms with Crippen molar-refractivity contribution in [1.29, 1.82) is 0 Å². The van der Waals surface area contributed by atoms with Gasteiger partial charge in [0.25, 0.3) is 0 Å². The summed E-state index contributed by atoms with van der Waals surface area (Å²) in [5.74, 6) is 1.86. The Morgan fingerprint density at radius 2 is 2.19 bits per heavy atom. The van der Waals surface area contributed by atoms with Crippen molar-refractivity contribution in [2.45, 2.75) is 32.6 Å². The van der Waals surface area contributed by atoms with E-state index in [0.29, 0.717) is 18.3 Å². The van der Waals surface area contributed by atoms with E-state index in [1.807, 2.05) is 24.3 Å². The van der Waals surface area contributed by atoms with E-state index in [1.54, 1.807) is 6.92 Å². The monoisotopic (exact) mass is 289 g/mol. The molecule has 6 nitrogen and oxygen atoms in total. The summed E-state index contributed by atoms with van der Waals surface area (Å²) in [7, 11) is 0. The Morgan fingerprint density at radius 1 is 1.38 bits per heavy atom. The molecule has 1 aromatic carbocycles. The fourth-order valence-corrected chi connectivity index (χ4v) is 2.45. The molecule has 0 aliphatic carbocycles. The normalized spacial score (nSPS) is 19.0. The van der Waals surface area contributed by atoms with Gasteiger partial charge in [-0.25, -0.2) is 0 Å². The fraction of sp³-hybridized carbons (Fsp3) is 0.467. The quantitative estimate of drug-likeness (QED) is 0.900. The molecular weight excluding hydrogens is 270 g/mol. The van der Waals surface area contributed by atoms with Gasteiger partial charge in [0, 0.05) is 26.6 Å². The highest BCUT2D eigenvalue weighted by atomic mass is 16.5. The van der Waals surface area contributed by atoms with Gasteiger partial charge in [-0.1, -0.05) is 17.3 Å². The number of hydrogen-bond acceptors (Lipinski definition) is 6. The third kappa shape index (κ3) is 3.80. The van der Waals surface area contributed by atoms with Crippen molar-refractivity contribution < 1.29 is 14.4 Å². The summed E-state index contributed by atoms with van der Waals surface area (Å²) < 4.78 is 10.5. The zero-order chi connectivity index (χ0) is 14.7. The molecule has 1 aliphatic rings. The predicted octanol–water partition coefficient (Wildman–Crippen LogP) is 1.52. The van der Waals surface area contributed by atoms with Crippen LogP contribution in [-0.4, -0.2) is 39.3 Å². The summed E-state index contributed by atoms with van der Waals surface area (Å²) >= 11 is 0. The van der Waals surface area contributed by atoms with Gasteiger partial charge in [-0.3, -0.25) is 4.90 Å². The second-order valence-corrected chi connectivity index (χ2v) is 5.34. The Morgan fingerprint density at radius 3 is 2.81 bits per heavy atom. The maximum absolute atomic E-state index is 9.52. The van der Waals surface area contributed by atoms with Crippen LogP contribution in [0.3, 0.4) is 0 Å². The Hall–Kier alpha value is -1.92. The van der Waals surface area contributed by atoms with Gasteiger partial charge in [0.1, 0.15) is 5.75 Å². The third-order valence-electron chi connectivity index (χ3n) is 3.51. The number of β-amino-alcohol motifs (C(OH)–C–C–N with tert-alkyl or cyclic N) is 1. The van der Waals surface area contributed by atoms with Gasteiger partial charge in [-0.15, -0.1) is 0 Å². The summed E-state index contributed by atoms with van der Waals surface area (Å²) in [4.78, 5) is 6.34. The molecule has 1 N–H and O–H groups in total. The molecule has 0 amide bonds. The van der Waals surface area contributed by atoms with Crippen LogP contribution in [-0.2, 0) is 13.2 Å². The van der Waals surface area contributed by atoms with Gasteiger partial charge in [-0.2, -0.15) is 4.98 Å². The number of aliphatic hydroxyl groups excluding tert-OH is 1. The molecule has 2 aromatic rings. The largest absolute Gasteiger partial charge is 0.485 e. The molecule has 1 fully saturated rings. The number of likely N-dealkylation sites (tertiary alicyclic amines) is 1. The first-order valence-corrected chi connectivity index (χ1v) is 7.10. The molecule has 6 heteroatoms. The van der Waals surface area contributed by atoms with E-state index >= 15 is 0 Å². The molecule has 0 unspecified atom stereocenters. The second-order valence-electron chi connectivity index (χ2n) is 5.34. The average Bonchev–Trinajstić information content (AvgIpc) is 3.07. The SMILES string of the molecule is Cc1nc(COc2ccc(CN3CC[C@@H](O)C3)cc2)no1. The van der Waals surface area contributed by atoms with Gasteiger partial charge in [0.05, 0.1) is 6.10 Å². The summed E-state index contributed by atoms with van der Waals surface area (Å²) in [5, 5.41) is 13.3. The van der Waals surface area contributed by atoms with Gasteiger partial charge < -0.3 is 14.4 Å². The Bertz CT molecular complexity index is 582. The highest BCUT2D eigenvalue weighted by molar-refractivity contribution is 5.27. The van der Waals surface area contributed by atoms with Crippen LogP contribution in [0, 0.1) is 6.92 Å². The zero-order valence-corrected chi connectivity index (χ0v) is 12.0. The summed E-state index contributed by atoms with van der Waals surface area (Å²) in [6.45, 7) is 4.63. The Labute approximate surface area is 123 Å². The van der Waals surface area contributed by atoms with E-state index in [-0.39, 0.29) is 6.10 Å². The van der Waals surface area contributed by atoms with E-state index < -0.39 is 0 Å². The lowest BCUT2D eigenvalue weighted by molar-refractivity contribution is 0.175. The molecule has 1 aliphatic heterocycles. The first-order valence-electron chi connectivity index (χ1n) is 7.10. The highest BCUT2D eigenvalue weighted by Gasteiger charge is 2.19. The standard InChI is InChI=1S/C15H19N3O3/c1-11-16-15(17-21-11)10-20-14-4-2-12(3-5-14)8-18-7-6-13(19)9-18/h2-5,13,19H,6-10H2,1H3/t13-/m1/s1. The van der Waals surface area contributed by atoms with Crippen LogP contribution >= 0.6 is 0 Å². The number of ether oxygens (including phenoxy) is 1. The third-order valence-corrected chi connectivity index (χ3v) is 3.51. The van der Waals surface area contributed by atoms with Crippen LogP contribution in [0.1, 0.15) is 23.7 Å². The lowest BCUT2D eigenvalue weighted by Crippen LogP contribution is -2.21. The number of aryl methyl sites for hydroxylation is 1. The maximum atomic E-state index is 9.52. The van der Waals surface area contributed by atoms with Crippen LogP contribution in [0.4, 0.5) is 0 Å². The fourth-order valence-electron chi connectivity index (χ4n) is 2.45. The summed E-state index contributed by atoms with van der Waals surface area (Å²) in [5.41, 5.74) is 1.21. The van der Waals surface area contributed by atoms with Crippen molar-refractivity contribution in [3.63, 3.8) is 0 Å². The van der Waals surface area contributed by atoms with Crippen molar-refractivity contribution in [3.8, 4) is 5.75 Å². The lowest BCUT2D eigenvalue weighted by Gasteiger charge is -2.15. The minimum absolute atomic E-state index is 0.175. The predicted molar refractivity (Wildman–Crippen MR) is 75.7 cm³/mol. The average molecular weight is 289 g/mol. The molecule has 1 atom stereocenters. The molecule has 1 saturated heterocycles. The Balaban J connectivity index is 1.51. The molecule has 3 rings (SSSR count). The van der Waals surface area contributed by atoms with Gasteiger partial charge in [-0.05, 0) is 24.1 Å². The van der Waals surface area contributed by atoms with Crippen LogP contribution in [0.25, 0.3) is 0 Å². The van der Waals surface area contributed by atoms with Crippen molar-refractivity contribution in [1.82, 2.24) is 15.0 Å². The zero-order valence-electron chi connectivity index (χ0n) is 12.0. The molecule has 0 bridgehead atoms. The molecule has 2 heterocycles. The Kier molecular flexibility index (Phi) is 4.17. The van der Waals surface area contributed by atoms with Crippen LogP contribution < -0.4 is 4.74 Å². The number of aliphatic hydroxyl groups is 1. The number of hydrogen-bond donors (Lipinski definition) is 1. The molecule has 112 valence electrons. The van der Waals surface area contributed by atoms with E-state index in [9.17, 15) is 5.11 Å². The topological polar surface area (TPSA) is 71.6 Å². The maximum Gasteiger partial charge on any atom is 0.223 e. The van der Waals surface area contributed by atoms with E-state index in [1.165, 1.54) is 5.56 Å². The van der Waals surface area contributed by atoms with Crippen LogP contribution in [0.5, 0.6) is 5.75 Å². The molecule has 21 heavy (non-hydrogen) atoms. The molecule has 1 aromatic heterocycles. The minimum Gasteiger partial charge on any atom is -0.485 e. The van der Waals surface area contributed by atoms with Crippen molar-refractivity contribution in [2.75, 3.05) is 13.1 Å². The molecule has 0 spiro atoms. The van der Waals surface area contributed by atoms with Crippen molar-refractivity contribution >= 4 is 0 Å². The van der Waals surface area contributed by atoms with Gasteiger partial charge >= 0.3 is 0 Å². The van der Waals surface area contributed by atoms with E-state index in [2.05, 4.69) is 15.0 Å². The number of rotatable bonds is 5. The second kappa shape index (κ2) is 6.24. The van der Waals surface area contributed by atoms with E-state index in [0.717, 1.165) is 31.8 Å². The lowest BCUT2D eigenvalue weighted by atomic mass is 10.2. The number of nitrogens with zero attached hydrogens (tertiary/aromatic N) is 3. The van der Waals surface area contributed by atoms with Crippen molar-refractivity contribution in [3.05, 3.63) is 41.5 Å². The number of benzene rings is 1. The van der Waals surface area contributed by atoms with Gasteiger partial charge in [0.2, 0.25) is 11.7 Å². The minimum atomic E-state index is -0.175. The summed E-state index contributed by atoms with van der Waals surface area (Å²) in [6.07, 6.45) is 0.691. The van der Waals surface area contributed by atoms with Crippen molar-refractivity contribution in [2.24, 2.45) is 0 Å². The highest BCUT2D eigenvalue weighted by Crippen LogP contribution is 2.17. The van der Waals surface area contributed by atoms with Gasteiger partial charge in [0.15, 0.2) is 6.61 Å². The summed E-state index contributed by atoms with van der Waals surface area (Å²) in [6, 6.07) is 7.96. The first-order chi connectivity index (χ1) is 10.2. The van der Waals surface area contributed by atoms with Crippen LogP contribution in [0.2, 0.25) is 0 Å². The molecule has 0 saturated carbocycles. The smallest absolute Gasteiger partial charge is 0.223 e. The molecular formula is C15H19N3O3. The molecule has 0 radical (unpaired) electrons.